The van der Waals surface area contributed by atoms with Gasteiger partial charge in [0, 0.05) is 13.1 Å². The van der Waals surface area contributed by atoms with E-state index >= 15 is 0 Å². The van der Waals surface area contributed by atoms with Crippen LogP contribution in [0.25, 0.3) is 0 Å². The molecule has 1 aromatic carbocycles. The second-order valence-corrected chi connectivity index (χ2v) is 4.42. The van der Waals surface area contributed by atoms with Crippen LogP contribution in [0, 0.1) is 17.0 Å². The molecule has 3 nitrogen and oxygen atoms in total. The molecule has 1 aromatic rings. The van der Waals surface area contributed by atoms with E-state index in [4.69, 9.17) is 5.73 Å². The maximum Gasteiger partial charge on any atom is 0.227 e. The summed E-state index contributed by atoms with van der Waals surface area (Å²) < 4.78 is 25.6. The minimum absolute atomic E-state index is 0.107. The maximum absolute atomic E-state index is 12.9. The quantitative estimate of drug-likeness (QED) is 0.834. The molecule has 2 rings (SSSR count). The van der Waals surface area contributed by atoms with Crippen LogP contribution in [0.15, 0.2) is 18.2 Å². The Morgan fingerprint density at radius 2 is 2.06 bits per heavy atom. The second kappa shape index (κ2) is 4.41. The zero-order chi connectivity index (χ0) is 12.5. The summed E-state index contributed by atoms with van der Waals surface area (Å²) in [5.41, 5.74) is 5.63. The molecule has 1 amide bonds. The largest absolute Gasteiger partial charge is 0.352 e. The van der Waals surface area contributed by atoms with Gasteiger partial charge in [-0.3, -0.25) is 4.79 Å². The van der Waals surface area contributed by atoms with Crippen LogP contribution in [0.4, 0.5) is 8.78 Å². The van der Waals surface area contributed by atoms with E-state index in [0.29, 0.717) is 12.1 Å². The maximum atomic E-state index is 12.9. The third kappa shape index (κ3) is 2.44. The van der Waals surface area contributed by atoms with Crippen molar-refractivity contribution in [3.8, 4) is 0 Å². The van der Waals surface area contributed by atoms with Crippen LogP contribution in [-0.2, 0) is 11.3 Å². The lowest BCUT2D eigenvalue weighted by atomic mass is 10.1. The summed E-state index contributed by atoms with van der Waals surface area (Å²) in [6, 6.07) is 3.57. The molecule has 0 unspecified atom stereocenters. The molecule has 3 N–H and O–H groups in total. The number of nitrogens with one attached hydrogen (secondary N) is 1. The third-order valence-electron chi connectivity index (χ3n) is 3.16. The monoisotopic (exact) mass is 240 g/mol. The van der Waals surface area contributed by atoms with E-state index in [0.717, 1.165) is 25.0 Å². The highest BCUT2D eigenvalue weighted by atomic mass is 19.2. The smallest absolute Gasteiger partial charge is 0.227 e. The Morgan fingerprint density at radius 1 is 1.35 bits per heavy atom. The topological polar surface area (TPSA) is 55.1 Å². The van der Waals surface area contributed by atoms with Crippen molar-refractivity contribution in [2.75, 3.05) is 6.54 Å². The summed E-state index contributed by atoms with van der Waals surface area (Å²) in [5, 5.41) is 2.69. The van der Waals surface area contributed by atoms with Crippen LogP contribution in [0.3, 0.4) is 0 Å². The predicted molar refractivity (Wildman–Crippen MR) is 58.9 cm³/mol. The molecule has 92 valence electrons. The van der Waals surface area contributed by atoms with Crippen molar-refractivity contribution < 1.29 is 13.6 Å². The molecule has 0 radical (unpaired) electrons. The van der Waals surface area contributed by atoms with Gasteiger partial charge in [0.1, 0.15) is 0 Å². The lowest BCUT2D eigenvalue weighted by Gasteiger charge is -2.12. The number of carbonyl (C=O) groups is 1. The molecule has 0 aliphatic heterocycles. The number of amides is 1. The second-order valence-electron chi connectivity index (χ2n) is 4.42. The van der Waals surface area contributed by atoms with Crippen molar-refractivity contribution in [2.24, 2.45) is 11.1 Å². The Balaban J connectivity index is 1.94. The average Bonchev–Trinajstić information content (AvgIpc) is 3.11. The number of nitrogens with two attached hydrogens (primary N) is 1. The first-order valence-electron chi connectivity index (χ1n) is 5.50. The van der Waals surface area contributed by atoms with E-state index in [1.165, 1.54) is 6.07 Å². The lowest BCUT2D eigenvalue weighted by molar-refractivity contribution is -0.126. The van der Waals surface area contributed by atoms with Gasteiger partial charge in [0.25, 0.3) is 0 Å². The van der Waals surface area contributed by atoms with Gasteiger partial charge in [-0.2, -0.15) is 0 Å². The molecule has 1 aliphatic carbocycles. The molecule has 1 aliphatic rings. The highest BCUT2D eigenvalue weighted by Gasteiger charge is 2.48. The van der Waals surface area contributed by atoms with E-state index in [1.807, 2.05) is 0 Å². The standard InChI is InChI=1S/C12H14F2N2O/c13-9-2-1-8(5-10(9)14)6-16-11(17)12(7-15)3-4-12/h1-2,5H,3-4,6-7,15H2,(H,16,17). The van der Waals surface area contributed by atoms with Crippen LogP contribution in [0.1, 0.15) is 18.4 Å². The van der Waals surface area contributed by atoms with Crippen molar-refractivity contribution >= 4 is 5.91 Å². The highest BCUT2D eigenvalue weighted by Crippen LogP contribution is 2.44. The summed E-state index contributed by atoms with van der Waals surface area (Å²) in [5.74, 6) is -1.90. The Hall–Kier alpha value is -1.49. The molecule has 0 bridgehead atoms. The summed E-state index contributed by atoms with van der Waals surface area (Å²) in [7, 11) is 0. The number of hydrogen-bond donors (Lipinski definition) is 2. The van der Waals surface area contributed by atoms with Crippen LogP contribution in [-0.4, -0.2) is 12.5 Å². The van der Waals surface area contributed by atoms with E-state index in [1.54, 1.807) is 0 Å². The first-order valence-corrected chi connectivity index (χ1v) is 5.50. The summed E-state index contributed by atoms with van der Waals surface area (Å²) >= 11 is 0. The third-order valence-corrected chi connectivity index (χ3v) is 3.16. The Labute approximate surface area is 98.0 Å². The molecule has 17 heavy (non-hydrogen) atoms. The van der Waals surface area contributed by atoms with Gasteiger partial charge in [-0.25, -0.2) is 8.78 Å². The molecule has 0 spiro atoms. The summed E-state index contributed by atoms with van der Waals surface area (Å²) in [4.78, 5) is 11.7. The van der Waals surface area contributed by atoms with E-state index in [2.05, 4.69) is 5.32 Å². The van der Waals surface area contributed by atoms with Gasteiger partial charge in [-0.1, -0.05) is 6.07 Å². The first-order chi connectivity index (χ1) is 8.07. The molecule has 0 aromatic heterocycles. The zero-order valence-corrected chi connectivity index (χ0v) is 9.30. The fraction of sp³-hybridized carbons (Fsp3) is 0.417. The first kappa shape index (κ1) is 12.0. The fourth-order valence-corrected chi connectivity index (χ4v) is 1.69. The van der Waals surface area contributed by atoms with Crippen molar-refractivity contribution in [1.82, 2.24) is 5.32 Å². The van der Waals surface area contributed by atoms with Crippen LogP contribution >= 0.6 is 0 Å². The van der Waals surface area contributed by atoms with Crippen LogP contribution in [0.5, 0.6) is 0 Å². The summed E-state index contributed by atoms with van der Waals surface area (Å²) in [6.45, 7) is 0.522. The molecule has 1 saturated carbocycles. The van der Waals surface area contributed by atoms with Crippen molar-refractivity contribution in [3.05, 3.63) is 35.4 Å². The SMILES string of the molecule is NCC1(C(=O)NCc2ccc(F)c(F)c2)CC1. The van der Waals surface area contributed by atoms with E-state index in [-0.39, 0.29) is 12.5 Å². The van der Waals surface area contributed by atoms with Gasteiger partial charge >= 0.3 is 0 Å². The van der Waals surface area contributed by atoms with Gasteiger partial charge in [-0.05, 0) is 30.5 Å². The molecule has 0 heterocycles. The van der Waals surface area contributed by atoms with Crippen molar-refractivity contribution in [3.63, 3.8) is 0 Å². The summed E-state index contributed by atoms with van der Waals surface area (Å²) in [6.07, 6.45) is 1.60. The molecule has 0 saturated heterocycles. The predicted octanol–water partition coefficient (Wildman–Crippen LogP) is 1.32. The van der Waals surface area contributed by atoms with Crippen LogP contribution in [0.2, 0.25) is 0 Å². The highest BCUT2D eigenvalue weighted by molar-refractivity contribution is 5.85. The average molecular weight is 240 g/mol. The minimum Gasteiger partial charge on any atom is -0.352 e. The van der Waals surface area contributed by atoms with E-state index < -0.39 is 17.0 Å². The van der Waals surface area contributed by atoms with Gasteiger partial charge < -0.3 is 11.1 Å². The number of carbonyl (C=O) groups excluding carboxylic acids is 1. The Bertz CT molecular complexity index is 444. The van der Waals surface area contributed by atoms with Gasteiger partial charge in [-0.15, -0.1) is 0 Å². The number of rotatable bonds is 4. The fourth-order valence-electron chi connectivity index (χ4n) is 1.69. The van der Waals surface area contributed by atoms with Crippen molar-refractivity contribution in [1.29, 1.82) is 0 Å². The molecule has 5 heteroatoms. The van der Waals surface area contributed by atoms with Crippen LogP contribution < -0.4 is 11.1 Å². The van der Waals surface area contributed by atoms with Gasteiger partial charge in [0.05, 0.1) is 5.41 Å². The number of benzene rings is 1. The van der Waals surface area contributed by atoms with Crippen molar-refractivity contribution in [2.45, 2.75) is 19.4 Å². The minimum atomic E-state index is -0.906. The Kier molecular flexibility index (Phi) is 3.11. The molecule has 0 atom stereocenters. The number of halogens is 2. The molecule has 1 fully saturated rings. The van der Waals surface area contributed by atoms with E-state index in [9.17, 15) is 13.6 Å². The molecular weight excluding hydrogens is 226 g/mol. The van der Waals surface area contributed by atoms with Gasteiger partial charge in [0.15, 0.2) is 11.6 Å². The van der Waals surface area contributed by atoms with Gasteiger partial charge in [0.2, 0.25) is 5.91 Å². The normalized spacial score (nSPS) is 16.6. The molecular formula is C12H14F2N2O. The zero-order valence-electron chi connectivity index (χ0n) is 9.30. The Morgan fingerprint density at radius 3 is 2.59 bits per heavy atom. The lowest BCUT2D eigenvalue weighted by Crippen LogP contribution is -2.36. The number of hydrogen-bond acceptors (Lipinski definition) is 2.